The molecule has 0 spiro atoms. The molecule has 0 saturated heterocycles. The number of hydrogen-bond acceptors (Lipinski definition) is 2. The highest BCUT2D eigenvalue weighted by Crippen LogP contribution is 2.14. The van der Waals surface area contributed by atoms with E-state index in [9.17, 15) is 0 Å². The first kappa shape index (κ1) is 7.86. The van der Waals surface area contributed by atoms with Gasteiger partial charge >= 0.3 is 0 Å². The highest BCUT2D eigenvalue weighted by Gasteiger charge is 1.99. The Morgan fingerprint density at radius 3 is 3.00 bits per heavy atom. The van der Waals surface area contributed by atoms with Crippen molar-refractivity contribution in [3.05, 3.63) is 36.0 Å². The van der Waals surface area contributed by atoms with Gasteiger partial charge in [-0.15, -0.1) is 0 Å². The third kappa shape index (κ3) is 1.28. The van der Waals surface area contributed by atoms with Crippen molar-refractivity contribution in [3.63, 3.8) is 0 Å². The van der Waals surface area contributed by atoms with Crippen LogP contribution in [0.25, 0.3) is 10.9 Å². The number of rotatable bonds is 1. The number of nitrogens with zero attached hydrogens (tertiary/aromatic N) is 1. The zero-order valence-corrected chi connectivity index (χ0v) is 7.28. The van der Waals surface area contributed by atoms with Crippen molar-refractivity contribution in [3.8, 4) is 0 Å². The summed E-state index contributed by atoms with van der Waals surface area (Å²) in [6, 6.07) is 7.87. The molecule has 3 heteroatoms. The molecule has 3 nitrogen and oxygen atoms in total. The molecule has 66 valence electrons. The van der Waals surface area contributed by atoms with E-state index in [1.54, 1.807) is 6.92 Å². The molecule has 0 aliphatic rings. The molecule has 0 bridgehead atoms. The molecule has 2 rings (SSSR count). The normalized spacial score (nSPS) is 12.2. The third-order valence-corrected chi connectivity index (χ3v) is 2.12. The lowest BCUT2D eigenvalue weighted by Gasteiger charge is -1.97. The predicted molar refractivity (Wildman–Crippen MR) is 52.3 cm³/mol. The Labute approximate surface area is 75.7 Å². The molecule has 1 heterocycles. The number of hydrogen-bond donors (Lipinski definition) is 2. The fourth-order valence-electron chi connectivity index (χ4n) is 1.34. The summed E-state index contributed by atoms with van der Waals surface area (Å²) in [7, 11) is 0. The summed E-state index contributed by atoms with van der Waals surface area (Å²) in [6.45, 7) is 1.77. The van der Waals surface area contributed by atoms with E-state index in [1.165, 1.54) is 0 Å². The molecule has 0 aliphatic carbocycles. The fraction of sp³-hybridized carbons (Fsp3) is 0.100. The van der Waals surface area contributed by atoms with Gasteiger partial charge in [0.2, 0.25) is 0 Å². The number of nitrogens with one attached hydrogen (secondary N) is 1. The smallest absolute Gasteiger partial charge is 0.0837 e. The Morgan fingerprint density at radius 1 is 1.38 bits per heavy atom. The van der Waals surface area contributed by atoms with E-state index >= 15 is 0 Å². The highest BCUT2D eigenvalue weighted by atomic mass is 16.4. The van der Waals surface area contributed by atoms with Crippen molar-refractivity contribution in [1.29, 1.82) is 0 Å². The Balaban J connectivity index is 2.60. The monoisotopic (exact) mass is 174 g/mol. The third-order valence-electron chi connectivity index (χ3n) is 2.12. The molecule has 0 amide bonds. The molecule has 13 heavy (non-hydrogen) atoms. The van der Waals surface area contributed by atoms with Crippen molar-refractivity contribution in [2.75, 3.05) is 0 Å². The van der Waals surface area contributed by atoms with E-state index in [4.69, 9.17) is 5.21 Å². The van der Waals surface area contributed by atoms with Gasteiger partial charge in [-0.2, -0.15) is 0 Å². The van der Waals surface area contributed by atoms with Crippen LogP contribution < -0.4 is 0 Å². The average molecular weight is 174 g/mol. The predicted octanol–water partition coefficient (Wildman–Crippen LogP) is 2.37. The largest absolute Gasteiger partial charge is 0.411 e. The maximum absolute atomic E-state index is 8.59. The number of fused-ring (bicyclic) bond motifs is 1. The standard InChI is InChI=1S/C10H10N2O/c1-7(12-13)8-2-3-10-9(6-8)4-5-11-10/h2-6,11,13H,1H3. The van der Waals surface area contributed by atoms with Gasteiger partial charge in [-0.05, 0) is 30.7 Å². The Kier molecular flexibility index (Phi) is 1.77. The number of aromatic nitrogens is 1. The summed E-state index contributed by atoms with van der Waals surface area (Å²) in [4.78, 5) is 3.10. The quantitative estimate of drug-likeness (QED) is 0.389. The Hall–Kier alpha value is -1.77. The summed E-state index contributed by atoms with van der Waals surface area (Å²) in [5.74, 6) is 0. The van der Waals surface area contributed by atoms with Crippen molar-refractivity contribution in [1.82, 2.24) is 4.98 Å². The SMILES string of the molecule is CC(=NO)c1ccc2[nH]ccc2c1. The molecular formula is C10H10N2O. The minimum atomic E-state index is 0.628. The van der Waals surface area contributed by atoms with Gasteiger partial charge in [0.05, 0.1) is 5.71 Å². The van der Waals surface area contributed by atoms with Crippen LogP contribution in [0.1, 0.15) is 12.5 Å². The van der Waals surface area contributed by atoms with Gasteiger partial charge in [0.1, 0.15) is 0 Å². The Bertz CT molecular complexity index is 457. The number of benzene rings is 1. The zero-order valence-electron chi connectivity index (χ0n) is 7.28. The maximum atomic E-state index is 8.59. The minimum absolute atomic E-state index is 0.628. The maximum Gasteiger partial charge on any atom is 0.0837 e. The van der Waals surface area contributed by atoms with Crippen LogP contribution in [-0.2, 0) is 0 Å². The second-order valence-electron chi connectivity index (χ2n) is 2.97. The van der Waals surface area contributed by atoms with Crippen LogP contribution in [0, 0.1) is 0 Å². The van der Waals surface area contributed by atoms with Gasteiger partial charge in [0.25, 0.3) is 0 Å². The second-order valence-corrected chi connectivity index (χ2v) is 2.97. The van der Waals surface area contributed by atoms with E-state index in [-0.39, 0.29) is 0 Å². The van der Waals surface area contributed by atoms with Gasteiger partial charge in [-0.1, -0.05) is 11.2 Å². The molecule has 0 unspecified atom stereocenters. The lowest BCUT2D eigenvalue weighted by Crippen LogP contribution is -1.93. The van der Waals surface area contributed by atoms with E-state index in [2.05, 4.69) is 10.1 Å². The van der Waals surface area contributed by atoms with Gasteiger partial charge in [0.15, 0.2) is 0 Å². The van der Waals surface area contributed by atoms with Crippen LogP contribution in [-0.4, -0.2) is 15.9 Å². The molecule has 0 saturated carbocycles. The van der Waals surface area contributed by atoms with Crippen molar-refractivity contribution < 1.29 is 5.21 Å². The molecule has 0 atom stereocenters. The van der Waals surface area contributed by atoms with Crippen LogP contribution in [0.2, 0.25) is 0 Å². The molecule has 2 N–H and O–H groups in total. The first-order valence-electron chi connectivity index (χ1n) is 4.07. The van der Waals surface area contributed by atoms with Crippen molar-refractivity contribution >= 4 is 16.6 Å². The summed E-state index contributed by atoms with van der Waals surface area (Å²) in [6.07, 6.45) is 1.89. The molecular weight excluding hydrogens is 164 g/mol. The Morgan fingerprint density at radius 2 is 2.23 bits per heavy atom. The molecule has 1 aromatic heterocycles. The van der Waals surface area contributed by atoms with Crippen LogP contribution in [0.5, 0.6) is 0 Å². The van der Waals surface area contributed by atoms with Gasteiger partial charge in [0, 0.05) is 17.1 Å². The average Bonchev–Trinajstić information content (AvgIpc) is 2.63. The summed E-state index contributed by atoms with van der Waals surface area (Å²) in [5.41, 5.74) is 2.66. The van der Waals surface area contributed by atoms with Gasteiger partial charge in [-0.25, -0.2) is 0 Å². The number of aromatic amines is 1. The molecule has 0 radical (unpaired) electrons. The number of H-pyrrole nitrogens is 1. The van der Waals surface area contributed by atoms with E-state index in [0.717, 1.165) is 16.5 Å². The van der Waals surface area contributed by atoms with Crippen molar-refractivity contribution in [2.24, 2.45) is 5.16 Å². The van der Waals surface area contributed by atoms with E-state index in [1.807, 2.05) is 30.5 Å². The summed E-state index contributed by atoms with van der Waals surface area (Å²) >= 11 is 0. The topological polar surface area (TPSA) is 48.4 Å². The van der Waals surface area contributed by atoms with Crippen LogP contribution >= 0.6 is 0 Å². The molecule has 0 fully saturated rings. The second kappa shape index (κ2) is 2.94. The number of oxime groups is 1. The van der Waals surface area contributed by atoms with Crippen LogP contribution in [0.15, 0.2) is 35.6 Å². The fourth-order valence-corrected chi connectivity index (χ4v) is 1.34. The minimum Gasteiger partial charge on any atom is -0.411 e. The lowest BCUT2D eigenvalue weighted by atomic mass is 10.1. The summed E-state index contributed by atoms with van der Waals surface area (Å²) < 4.78 is 0. The first-order chi connectivity index (χ1) is 6.31. The van der Waals surface area contributed by atoms with Gasteiger partial charge in [-0.3, -0.25) is 0 Å². The van der Waals surface area contributed by atoms with Gasteiger partial charge < -0.3 is 10.2 Å². The highest BCUT2D eigenvalue weighted by molar-refractivity contribution is 6.01. The van der Waals surface area contributed by atoms with E-state index in [0.29, 0.717) is 5.71 Å². The zero-order chi connectivity index (χ0) is 9.26. The van der Waals surface area contributed by atoms with Crippen LogP contribution in [0.4, 0.5) is 0 Å². The molecule has 2 aromatic rings. The van der Waals surface area contributed by atoms with Crippen LogP contribution in [0.3, 0.4) is 0 Å². The molecule has 0 aliphatic heterocycles. The first-order valence-corrected chi connectivity index (χ1v) is 4.07. The molecule has 1 aromatic carbocycles. The lowest BCUT2D eigenvalue weighted by molar-refractivity contribution is 0.319. The summed E-state index contributed by atoms with van der Waals surface area (Å²) in [5, 5.41) is 12.9. The van der Waals surface area contributed by atoms with Crippen molar-refractivity contribution in [2.45, 2.75) is 6.92 Å². The van der Waals surface area contributed by atoms with E-state index < -0.39 is 0 Å².